The van der Waals surface area contributed by atoms with Crippen molar-refractivity contribution in [1.29, 1.82) is 0 Å². The first kappa shape index (κ1) is 19.8. The molecule has 1 heterocycles. The Bertz CT molecular complexity index is 976. The molecule has 146 valence electrons. The average molecular weight is 388 g/mol. The summed E-state index contributed by atoms with van der Waals surface area (Å²) < 4.78 is 5.83. The van der Waals surface area contributed by atoms with Crippen LogP contribution in [0.1, 0.15) is 16.7 Å². The summed E-state index contributed by atoms with van der Waals surface area (Å²) in [5.74, 6) is -1.01. The first-order chi connectivity index (χ1) is 14.2. The third kappa shape index (κ3) is 6.28. The Morgan fingerprint density at radius 3 is 2.48 bits per heavy atom. The van der Waals surface area contributed by atoms with E-state index < -0.39 is 11.8 Å². The normalized spacial score (nSPS) is 10.5. The summed E-state index contributed by atoms with van der Waals surface area (Å²) in [7, 11) is 0. The predicted octanol–water partition coefficient (Wildman–Crippen LogP) is 2.43. The van der Waals surface area contributed by atoms with Crippen LogP contribution < -0.4 is 15.5 Å². The fourth-order valence-corrected chi connectivity index (χ4v) is 2.43. The number of nitrogens with zero attached hydrogens (tertiary/aromatic N) is 2. The maximum Gasteiger partial charge on any atom is 0.329 e. The van der Waals surface area contributed by atoms with Gasteiger partial charge in [-0.05, 0) is 29.3 Å². The summed E-state index contributed by atoms with van der Waals surface area (Å²) >= 11 is 0. The van der Waals surface area contributed by atoms with Crippen molar-refractivity contribution < 1.29 is 14.3 Å². The molecule has 0 unspecified atom stereocenters. The lowest BCUT2D eigenvalue weighted by Gasteiger charge is -2.09. The summed E-state index contributed by atoms with van der Waals surface area (Å²) in [6, 6.07) is 20.6. The highest BCUT2D eigenvalue weighted by Crippen LogP contribution is 2.17. The van der Waals surface area contributed by atoms with Crippen LogP contribution in [-0.4, -0.2) is 23.0 Å². The van der Waals surface area contributed by atoms with Crippen molar-refractivity contribution in [3.63, 3.8) is 0 Å². The molecule has 1 aromatic heterocycles. The van der Waals surface area contributed by atoms with Gasteiger partial charge >= 0.3 is 11.8 Å². The van der Waals surface area contributed by atoms with E-state index in [1.807, 2.05) is 48.5 Å². The molecule has 2 aromatic carbocycles. The number of ether oxygens (including phenoxy) is 1. The van der Waals surface area contributed by atoms with E-state index in [2.05, 4.69) is 20.8 Å². The average Bonchev–Trinajstić information content (AvgIpc) is 2.78. The van der Waals surface area contributed by atoms with Gasteiger partial charge in [0.05, 0.1) is 6.21 Å². The Kier molecular flexibility index (Phi) is 7.06. The van der Waals surface area contributed by atoms with E-state index in [-0.39, 0.29) is 6.54 Å². The van der Waals surface area contributed by atoms with Gasteiger partial charge in [0.15, 0.2) is 0 Å². The molecule has 0 aliphatic carbocycles. The minimum atomic E-state index is -0.854. The number of hydrogen-bond donors (Lipinski definition) is 2. The summed E-state index contributed by atoms with van der Waals surface area (Å²) in [4.78, 5) is 27.7. The van der Waals surface area contributed by atoms with Gasteiger partial charge in [0.1, 0.15) is 12.4 Å². The molecule has 2 amide bonds. The van der Waals surface area contributed by atoms with Crippen molar-refractivity contribution in [2.45, 2.75) is 13.2 Å². The number of carbonyl (C=O) groups is 2. The summed E-state index contributed by atoms with van der Waals surface area (Å²) in [6.07, 6.45) is 4.68. The van der Waals surface area contributed by atoms with Gasteiger partial charge < -0.3 is 10.1 Å². The third-order valence-electron chi connectivity index (χ3n) is 3.91. The van der Waals surface area contributed by atoms with Crippen molar-refractivity contribution in [3.05, 3.63) is 95.8 Å². The zero-order valence-electron chi connectivity index (χ0n) is 15.6. The molecule has 0 atom stereocenters. The lowest BCUT2D eigenvalue weighted by atomic mass is 10.2. The summed E-state index contributed by atoms with van der Waals surface area (Å²) in [5, 5.41) is 6.36. The SMILES string of the molecule is O=C(NCc1cccnc1)C(=O)N/N=C/c1ccccc1OCc1ccccc1. The van der Waals surface area contributed by atoms with Crippen molar-refractivity contribution >= 4 is 18.0 Å². The van der Waals surface area contributed by atoms with Crippen LogP contribution >= 0.6 is 0 Å². The van der Waals surface area contributed by atoms with Gasteiger partial charge in [0, 0.05) is 24.5 Å². The van der Waals surface area contributed by atoms with E-state index >= 15 is 0 Å². The highest BCUT2D eigenvalue weighted by atomic mass is 16.5. The first-order valence-corrected chi connectivity index (χ1v) is 8.98. The zero-order chi connectivity index (χ0) is 20.3. The minimum Gasteiger partial charge on any atom is -0.488 e. The monoisotopic (exact) mass is 388 g/mol. The van der Waals surface area contributed by atoms with Gasteiger partial charge in [-0.2, -0.15) is 5.10 Å². The molecule has 0 saturated carbocycles. The number of para-hydroxylation sites is 1. The second-order valence-electron chi connectivity index (χ2n) is 6.06. The molecule has 0 bridgehead atoms. The van der Waals surface area contributed by atoms with Crippen LogP contribution in [0.3, 0.4) is 0 Å². The molecule has 0 fully saturated rings. The maximum atomic E-state index is 11.9. The van der Waals surface area contributed by atoms with Gasteiger partial charge in [-0.15, -0.1) is 0 Å². The molecule has 29 heavy (non-hydrogen) atoms. The molecule has 3 rings (SSSR count). The van der Waals surface area contributed by atoms with Crippen molar-refractivity contribution in [1.82, 2.24) is 15.7 Å². The van der Waals surface area contributed by atoms with Crippen molar-refractivity contribution in [2.75, 3.05) is 0 Å². The van der Waals surface area contributed by atoms with Crippen LogP contribution in [0.5, 0.6) is 5.75 Å². The standard InChI is InChI=1S/C22H20N4O3/c27-21(24-14-18-9-6-12-23-13-18)22(28)26-25-15-19-10-4-5-11-20(19)29-16-17-7-2-1-3-8-17/h1-13,15H,14,16H2,(H,24,27)(H,26,28)/b25-15+. The van der Waals surface area contributed by atoms with Gasteiger partial charge in [-0.3, -0.25) is 14.6 Å². The zero-order valence-corrected chi connectivity index (χ0v) is 15.6. The summed E-state index contributed by atoms with van der Waals surface area (Å²) in [5.41, 5.74) is 4.73. The maximum absolute atomic E-state index is 11.9. The number of benzene rings is 2. The van der Waals surface area contributed by atoms with Gasteiger partial charge in [0.2, 0.25) is 0 Å². The van der Waals surface area contributed by atoms with E-state index in [1.54, 1.807) is 30.6 Å². The molecule has 0 aliphatic rings. The topological polar surface area (TPSA) is 92.7 Å². The van der Waals surface area contributed by atoms with Gasteiger partial charge in [-0.25, -0.2) is 5.43 Å². The number of aromatic nitrogens is 1. The number of hydrazone groups is 1. The van der Waals surface area contributed by atoms with E-state index in [9.17, 15) is 9.59 Å². The number of hydrogen-bond acceptors (Lipinski definition) is 5. The Morgan fingerprint density at radius 2 is 1.69 bits per heavy atom. The van der Waals surface area contributed by atoms with Crippen molar-refractivity contribution in [3.8, 4) is 5.75 Å². The van der Waals surface area contributed by atoms with E-state index in [0.717, 1.165) is 11.1 Å². The number of carbonyl (C=O) groups excluding carboxylic acids is 2. The molecule has 3 aromatic rings. The number of pyridine rings is 1. The fraction of sp³-hybridized carbons (Fsp3) is 0.0909. The molecular weight excluding hydrogens is 368 g/mol. The first-order valence-electron chi connectivity index (χ1n) is 8.98. The van der Waals surface area contributed by atoms with Crippen LogP contribution in [-0.2, 0) is 22.7 Å². The minimum absolute atomic E-state index is 0.208. The van der Waals surface area contributed by atoms with Crippen LogP contribution in [0.15, 0.2) is 84.2 Å². The van der Waals surface area contributed by atoms with Gasteiger partial charge in [0.25, 0.3) is 0 Å². The second-order valence-corrected chi connectivity index (χ2v) is 6.06. The molecule has 0 radical (unpaired) electrons. The number of nitrogens with one attached hydrogen (secondary N) is 2. The summed E-state index contributed by atoms with van der Waals surface area (Å²) in [6.45, 7) is 0.620. The quantitative estimate of drug-likeness (QED) is 0.369. The largest absolute Gasteiger partial charge is 0.488 e. The Labute approximate surface area is 168 Å². The van der Waals surface area contributed by atoms with Crippen molar-refractivity contribution in [2.24, 2.45) is 5.10 Å². The van der Waals surface area contributed by atoms with Gasteiger partial charge in [-0.1, -0.05) is 48.5 Å². The van der Waals surface area contributed by atoms with E-state index in [0.29, 0.717) is 17.9 Å². The highest BCUT2D eigenvalue weighted by Gasteiger charge is 2.12. The number of amides is 2. The molecule has 0 spiro atoms. The Balaban J connectivity index is 1.51. The third-order valence-corrected chi connectivity index (χ3v) is 3.91. The Hall–Kier alpha value is -4.00. The van der Waals surface area contributed by atoms with E-state index in [4.69, 9.17) is 4.74 Å². The lowest BCUT2D eigenvalue weighted by molar-refractivity contribution is -0.139. The smallest absolute Gasteiger partial charge is 0.329 e. The molecule has 7 heteroatoms. The van der Waals surface area contributed by atoms with Crippen LogP contribution in [0, 0.1) is 0 Å². The molecule has 2 N–H and O–H groups in total. The second kappa shape index (κ2) is 10.4. The number of rotatable bonds is 7. The van der Waals surface area contributed by atoms with E-state index in [1.165, 1.54) is 6.21 Å². The van der Waals surface area contributed by atoms with Crippen LogP contribution in [0.25, 0.3) is 0 Å². The Morgan fingerprint density at radius 1 is 0.931 bits per heavy atom. The predicted molar refractivity (Wildman–Crippen MR) is 109 cm³/mol. The molecule has 0 saturated heterocycles. The van der Waals surface area contributed by atoms with Crippen LogP contribution in [0.2, 0.25) is 0 Å². The molecule has 0 aliphatic heterocycles. The molecular formula is C22H20N4O3. The lowest BCUT2D eigenvalue weighted by Crippen LogP contribution is -2.37. The molecule has 7 nitrogen and oxygen atoms in total. The fourth-order valence-electron chi connectivity index (χ4n) is 2.43. The highest BCUT2D eigenvalue weighted by molar-refractivity contribution is 6.35. The van der Waals surface area contributed by atoms with Crippen LogP contribution in [0.4, 0.5) is 0 Å².